The van der Waals surface area contributed by atoms with Crippen LogP contribution in [0.15, 0.2) is 35.5 Å². The standard InChI is InChI=1S/3C11H20O2.Ce/c3*1-10(2,3)8(12)7-9(13)11(4,5)6;/h3*7,12H,1-6H3;/q;;;+3/p-3. The predicted octanol–water partition coefficient (Wildman–Crippen LogP) is 5.68. The Bertz CT molecular complexity index is 801. The number of carbonyl (C=O) groups is 3. The number of hydrogen-bond acceptors (Lipinski definition) is 6. The summed E-state index contributed by atoms with van der Waals surface area (Å²) in [5.74, 6) is -0.625. The molecule has 1 radical (unpaired) electrons. The molecule has 229 valence electrons. The number of rotatable bonds is 3. The molecule has 0 spiro atoms. The van der Waals surface area contributed by atoms with Crippen molar-refractivity contribution in [1.82, 2.24) is 0 Å². The van der Waals surface area contributed by atoms with Gasteiger partial charge in [-0.1, -0.05) is 125 Å². The molecular weight excluding hydrogens is 632 g/mol. The van der Waals surface area contributed by atoms with Crippen LogP contribution in [0.5, 0.6) is 0 Å². The minimum atomic E-state index is -0.457. The molecule has 0 saturated heterocycles. The molecule has 0 N–H and O–H groups in total. The Balaban J connectivity index is -0.000000240. The van der Waals surface area contributed by atoms with Gasteiger partial charge in [-0.2, -0.15) is 0 Å². The van der Waals surface area contributed by atoms with Crippen LogP contribution in [0.2, 0.25) is 0 Å². The Kier molecular flexibility index (Phi) is 19.1. The van der Waals surface area contributed by atoms with Crippen molar-refractivity contribution < 1.29 is 71.5 Å². The van der Waals surface area contributed by atoms with E-state index in [0.717, 1.165) is 0 Å². The van der Waals surface area contributed by atoms with Crippen LogP contribution in [0.1, 0.15) is 125 Å². The van der Waals surface area contributed by atoms with E-state index in [1.165, 1.54) is 18.2 Å². The molecule has 0 aromatic rings. The molecule has 6 nitrogen and oxygen atoms in total. The van der Waals surface area contributed by atoms with Crippen LogP contribution in [-0.2, 0) is 14.4 Å². The van der Waals surface area contributed by atoms with Crippen LogP contribution in [0.3, 0.4) is 0 Å². The second-order valence-electron chi connectivity index (χ2n) is 16.1. The van der Waals surface area contributed by atoms with E-state index in [1.54, 1.807) is 0 Å². The molecule has 0 aromatic carbocycles. The smallest absolute Gasteiger partial charge is 0.875 e. The van der Waals surface area contributed by atoms with Crippen molar-refractivity contribution >= 4 is 17.3 Å². The minimum absolute atomic E-state index is 0. The van der Waals surface area contributed by atoms with Crippen molar-refractivity contribution in [3.05, 3.63) is 35.5 Å². The topological polar surface area (TPSA) is 120 Å². The molecule has 0 saturated carbocycles. The van der Waals surface area contributed by atoms with Crippen LogP contribution < -0.4 is 15.3 Å². The molecule has 0 aromatic heterocycles. The summed E-state index contributed by atoms with van der Waals surface area (Å²) >= 11 is 0. The Morgan fingerprint density at radius 2 is 0.475 bits per heavy atom. The van der Waals surface area contributed by atoms with Crippen molar-refractivity contribution in [3.63, 3.8) is 0 Å². The number of allylic oxidation sites excluding steroid dienone is 6. The van der Waals surface area contributed by atoms with Crippen molar-refractivity contribution in [1.29, 1.82) is 0 Å². The largest absolute Gasteiger partial charge is 3.00 e. The van der Waals surface area contributed by atoms with Gasteiger partial charge in [0, 0.05) is 16.2 Å². The van der Waals surface area contributed by atoms with Gasteiger partial charge < -0.3 is 15.3 Å². The van der Waals surface area contributed by atoms with Gasteiger partial charge in [-0.15, -0.1) is 17.3 Å². The summed E-state index contributed by atoms with van der Waals surface area (Å²) in [6, 6.07) is 0. The third kappa shape index (κ3) is 21.7. The fraction of sp³-hybridized carbons (Fsp3) is 0.727. The van der Waals surface area contributed by atoms with E-state index >= 15 is 0 Å². The maximum Gasteiger partial charge on any atom is 3.00 e. The van der Waals surface area contributed by atoms with E-state index in [1.807, 2.05) is 125 Å². The van der Waals surface area contributed by atoms with Crippen molar-refractivity contribution in [2.45, 2.75) is 125 Å². The average Bonchev–Trinajstić information content (AvgIpc) is 2.64. The zero-order chi connectivity index (χ0) is 32.6. The Morgan fingerprint density at radius 3 is 0.550 bits per heavy atom. The third-order valence-corrected chi connectivity index (χ3v) is 5.22. The van der Waals surface area contributed by atoms with Crippen molar-refractivity contribution in [2.75, 3.05) is 0 Å². The molecule has 0 aliphatic rings. The van der Waals surface area contributed by atoms with Crippen LogP contribution in [0.25, 0.3) is 0 Å². The van der Waals surface area contributed by atoms with E-state index < -0.39 is 32.5 Å². The molecule has 0 rings (SSSR count). The quantitative estimate of drug-likeness (QED) is 0.278. The second kappa shape index (κ2) is 16.6. The predicted molar refractivity (Wildman–Crippen MR) is 156 cm³/mol. The van der Waals surface area contributed by atoms with E-state index in [0.29, 0.717) is 0 Å². The summed E-state index contributed by atoms with van der Waals surface area (Å²) in [5, 5.41) is 34.3. The molecule has 40 heavy (non-hydrogen) atoms. The summed E-state index contributed by atoms with van der Waals surface area (Å²) in [5.41, 5.74) is -2.74. The van der Waals surface area contributed by atoms with Gasteiger partial charge in [0.05, 0.1) is 0 Å². The molecule has 0 heterocycles. The van der Waals surface area contributed by atoms with Crippen LogP contribution >= 0.6 is 0 Å². The first-order valence-corrected chi connectivity index (χ1v) is 13.5. The van der Waals surface area contributed by atoms with Gasteiger partial charge in [-0.3, -0.25) is 14.4 Å². The van der Waals surface area contributed by atoms with Gasteiger partial charge in [-0.25, -0.2) is 0 Å². The molecule has 0 unspecified atom stereocenters. The van der Waals surface area contributed by atoms with Gasteiger partial charge in [-0.05, 0) is 34.5 Å². The zero-order valence-electron chi connectivity index (χ0n) is 28.7. The second-order valence-corrected chi connectivity index (χ2v) is 16.1. The third-order valence-electron chi connectivity index (χ3n) is 5.22. The number of hydrogen-bond donors (Lipinski definition) is 0. The fourth-order valence-corrected chi connectivity index (χ4v) is 1.66. The fourth-order valence-electron chi connectivity index (χ4n) is 1.66. The Morgan fingerprint density at radius 1 is 0.350 bits per heavy atom. The summed E-state index contributed by atoms with van der Waals surface area (Å²) in [7, 11) is 0. The summed E-state index contributed by atoms with van der Waals surface area (Å²) in [4.78, 5) is 34.3. The van der Waals surface area contributed by atoms with Gasteiger partial charge in [0.1, 0.15) is 0 Å². The maximum atomic E-state index is 11.4. The van der Waals surface area contributed by atoms with E-state index in [2.05, 4.69) is 0 Å². The molecule has 0 atom stereocenters. The molecule has 0 fully saturated rings. The molecular formula is C33H57CeO6. The SMILES string of the molecule is CC(C)(C)C(=O)C=C([O-])C(C)(C)C.CC(C)(C)C(=O)C=C([O-])C(C)(C)C.CC(C)(C)C(=O)C=C([O-])C(C)(C)C.[Ce+3]. The molecule has 0 aliphatic carbocycles. The monoisotopic (exact) mass is 689 g/mol. The summed E-state index contributed by atoms with van der Waals surface area (Å²) in [6.07, 6.45) is 3.67. The van der Waals surface area contributed by atoms with Crippen molar-refractivity contribution in [3.8, 4) is 0 Å². The molecule has 0 amide bonds. The van der Waals surface area contributed by atoms with Gasteiger partial charge >= 0.3 is 41.7 Å². The van der Waals surface area contributed by atoms with Gasteiger partial charge in [0.2, 0.25) is 0 Å². The van der Waals surface area contributed by atoms with E-state index in [-0.39, 0.29) is 76.4 Å². The summed E-state index contributed by atoms with van der Waals surface area (Å²) < 4.78 is 0. The van der Waals surface area contributed by atoms with Gasteiger partial charge in [0.15, 0.2) is 17.3 Å². The van der Waals surface area contributed by atoms with Crippen LogP contribution in [0.4, 0.5) is 0 Å². The normalized spacial score (nSPS) is 14.1. The van der Waals surface area contributed by atoms with E-state index in [9.17, 15) is 29.7 Å². The Labute approximate surface area is 279 Å². The summed E-state index contributed by atoms with van der Waals surface area (Å²) in [6.45, 7) is 32.5. The van der Waals surface area contributed by atoms with E-state index in [4.69, 9.17) is 0 Å². The first kappa shape index (κ1) is 46.0. The molecule has 0 bridgehead atoms. The minimum Gasteiger partial charge on any atom is -0.875 e. The van der Waals surface area contributed by atoms with Crippen molar-refractivity contribution in [2.24, 2.45) is 32.5 Å². The first-order valence-electron chi connectivity index (χ1n) is 13.5. The van der Waals surface area contributed by atoms with Crippen LogP contribution in [0, 0.1) is 74.2 Å². The molecule has 7 heteroatoms. The van der Waals surface area contributed by atoms with Gasteiger partial charge in [0.25, 0.3) is 0 Å². The maximum absolute atomic E-state index is 11.4. The molecule has 0 aliphatic heterocycles. The Hall–Kier alpha value is -0.993. The first-order chi connectivity index (χ1) is 16.6. The number of ketones is 3. The van der Waals surface area contributed by atoms with Crippen LogP contribution in [-0.4, -0.2) is 17.3 Å². The number of carbonyl (C=O) groups excluding carboxylic acids is 3. The zero-order valence-corrected chi connectivity index (χ0v) is 31.8. The average molecular weight is 690 g/mol.